The molecule has 0 unspecified atom stereocenters. The summed E-state index contributed by atoms with van der Waals surface area (Å²) in [5.41, 5.74) is 2.10. The van der Waals surface area contributed by atoms with Crippen molar-refractivity contribution in [2.75, 3.05) is 11.1 Å². The largest absolute Gasteiger partial charge is 0.342 e. The Kier molecular flexibility index (Phi) is 8.90. The maximum absolute atomic E-state index is 12.9. The van der Waals surface area contributed by atoms with E-state index in [1.807, 2.05) is 11.6 Å². The van der Waals surface area contributed by atoms with E-state index in [1.165, 1.54) is 28.0 Å². The van der Waals surface area contributed by atoms with E-state index in [0.717, 1.165) is 31.2 Å². The normalized spacial score (nSPS) is 13.6. The average molecular weight is 557 g/mol. The fourth-order valence-corrected chi connectivity index (χ4v) is 6.60. The van der Waals surface area contributed by atoms with Crippen LogP contribution in [0.3, 0.4) is 0 Å². The summed E-state index contributed by atoms with van der Waals surface area (Å²) >= 11 is 8.99. The van der Waals surface area contributed by atoms with Crippen LogP contribution in [0.5, 0.6) is 0 Å². The number of carbonyl (C=O) groups excluding carboxylic acids is 2. The van der Waals surface area contributed by atoms with Gasteiger partial charge in [-0.25, -0.2) is 0 Å². The second-order valence-electron chi connectivity index (χ2n) is 9.40. The van der Waals surface area contributed by atoms with Crippen LogP contribution in [0.2, 0.25) is 5.02 Å². The van der Waals surface area contributed by atoms with Crippen LogP contribution in [0.25, 0.3) is 0 Å². The van der Waals surface area contributed by atoms with Crippen molar-refractivity contribution in [2.24, 2.45) is 13.0 Å². The van der Waals surface area contributed by atoms with Crippen molar-refractivity contribution in [1.82, 2.24) is 20.1 Å². The van der Waals surface area contributed by atoms with Crippen molar-refractivity contribution < 1.29 is 9.59 Å². The SMILES string of the molecule is CC(C)C[C@@H](NC(=O)c1ccccc1Cl)c1nnc(SCC(=O)Nc2sc3c(c2C#N)CCCC3)n1C. The number of nitrogens with one attached hydrogen (secondary N) is 2. The Morgan fingerprint density at radius 1 is 1.24 bits per heavy atom. The van der Waals surface area contributed by atoms with Crippen molar-refractivity contribution in [1.29, 1.82) is 5.26 Å². The Labute approximate surface area is 229 Å². The lowest BCUT2D eigenvalue weighted by Crippen LogP contribution is -2.31. The second kappa shape index (κ2) is 12.1. The van der Waals surface area contributed by atoms with Crippen LogP contribution >= 0.6 is 34.7 Å². The van der Waals surface area contributed by atoms with E-state index in [4.69, 9.17) is 11.6 Å². The number of hydrogen-bond donors (Lipinski definition) is 2. The van der Waals surface area contributed by atoms with Gasteiger partial charge in [0.05, 0.1) is 27.9 Å². The lowest BCUT2D eigenvalue weighted by molar-refractivity contribution is -0.113. The predicted molar refractivity (Wildman–Crippen MR) is 147 cm³/mol. The quantitative estimate of drug-likeness (QED) is 0.335. The molecule has 4 rings (SSSR count). The van der Waals surface area contributed by atoms with Crippen LogP contribution in [0.4, 0.5) is 5.00 Å². The number of benzene rings is 1. The summed E-state index contributed by atoms with van der Waals surface area (Å²) in [5, 5.41) is 25.8. The third kappa shape index (κ3) is 6.35. The minimum absolute atomic E-state index is 0.125. The fourth-order valence-electron chi connectivity index (χ4n) is 4.40. The summed E-state index contributed by atoms with van der Waals surface area (Å²) in [7, 11) is 1.83. The van der Waals surface area contributed by atoms with Gasteiger partial charge < -0.3 is 15.2 Å². The van der Waals surface area contributed by atoms with Crippen LogP contribution in [-0.2, 0) is 24.7 Å². The van der Waals surface area contributed by atoms with E-state index in [1.54, 1.807) is 24.3 Å². The maximum atomic E-state index is 12.9. The highest BCUT2D eigenvalue weighted by molar-refractivity contribution is 7.99. The summed E-state index contributed by atoms with van der Waals surface area (Å²) in [6.07, 6.45) is 4.71. The molecule has 3 aromatic rings. The number of thiophene rings is 1. The number of hydrogen-bond acceptors (Lipinski definition) is 7. The van der Waals surface area contributed by atoms with Crippen molar-refractivity contribution >= 4 is 51.5 Å². The average Bonchev–Trinajstić information content (AvgIpc) is 3.41. The molecule has 11 heteroatoms. The zero-order valence-corrected chi connectivity index (χ0v) is 23.4. The fraction of sp³-hybridized carbons (Fsp3) is 0.423. The van der Waals surface area contributed by atoms with Gasteiger partial charge in [-0.1, -0.05) is 49.3 Å². The third-order valence-corrected chi connectivity index (χ3v) is 8.74. The van der Waals surface area contributed by atoms with E-state index < -0.39 is 0 Å². The standard InChI is InChI=1S/C26H29ClN6O2S2/c1-15(2)12-20(29-24(35)17-9-4-6-10-19(17)27)23-31-32-26(33(23)3)36-14-22(34)30-25-18(13-28)16-8-5-7-11-21(16)37-25/h4,6,9-10,15,20H,5,7-8,11-12,14H2,1-3H3,(H,29,35)(H,30,34)/t20-/m1/s1. The molecule has 2 amide bonds. The first-order valence-electron chi connectivity index (χ1n) is 12.2. The lowest BCUT2D eigenvalue weighted by Gasteiger charge is -2.20. The molecule has 0 bridgehead atoms. The van der Waals surface area contributed by atoms with Crippen LogP contribution in [0.15, 0.2) is 29.4 Å². The Morgan fingerprint density at radius 3 is 2.73 bits per heavy atom. The molecule has 1 aromatic carbocycles. The van der Waals surface area contributed by atoms with E-state index >= 15 is 0 Å². The summed E-state index contributed by atoms with van der Waals surface area (Å²) in [4.78, 5) is 26.9. The summed E-state index contributed by atoms with van der Waals surface area (Å²) < 4.78 is 1.81. The summed E-state index contributed by atoms with van der Waals surface area (Å²) in [5.74, 6) is 0.547. The van der Waals surface area contributed by atoms with Crippen molar-refractivity contribution in [3.05, 3.63) is 56.7 Å². The number of fused-ring (bicyclic) bond motifs is 1. The number of nitriles is 1. The van der Waals surface area contributed by atoms with Gasteiger partial charge in [-0.05, 0) is 55.7 Å². The highest BCUT2D eigenvalue weighted by atomic mass is 35.5. The van der Waals surface area contributed by atoms with Crippen LogP contribution < -0.4 is 10.6 Å². The molecule has 2 N–H and O–H groups in total. The first-order chi connectivity index (χ1) is 17.8. The third-order valence-electron chi connectivity index (χ3n) is 6.18. The predicted octanol–water partition coefficient (Wildman–Crippen LogP) is 5.53. The van der Waals surface area contributed by atoms with Crippen LogP contribution in [-0.4, -0.2) is 32.3 Å². The highest BCUT2D eigenvalue weighted by Crippen LogP contribution is 2.37. The molecule has 2 heterocycles. The number of anilines is 1. The molecule has 8 nitrogen and oxygen atoms in total. The number of carbonyl (C=O) groups is 2. The zero-order valence-electron chi connectivity index (χ0n) is 21.0. The van der Waals surface area contributed by atoms with Crippen LogP contribution in [0.1, 0.15) is 71.3 Å². The molecule has 194 valence electrons. The minimum Gasteiger partial charge on any atom is -0.342 e. The number of rotatable bonds is 9. The van der Waals surface area contributed by atoms with E-state index in [-0.39, 0.29) is 23.6 Å². The Morgan fingerprint density at radius 2 is 2.00 bits per heavy atom. The van der Waals surface area contributed by atoms with Gasteiger partial charge in [0, 0.05) is 11.9 Å². The second-order valence-corrected chi connectivity index (χ2v) is 11.9. The van der Waals surface area contributed by atoms with E-state index in [0.29, 0.717) is 44.5 Å². The molecule has 1 atom stereocenters. The van der Waals surface area contributed by atoms with Crippen molar-refractivity contribution in [3.8, 4) is 6.07 Å². The number of thioether (sulfide) groups is 1. The van der Waals surface area contributed by atoms with E-state index in [9.17, 15) is 14.9 Å². The minimum atomic E-state index is -0.375. The van der Waals surface area contributed by atoms with Gasteiger partial charge in [0.15, 0.2) is 11.0 Å². The van der Waals surface area contributed by atoms with Gasteiger partial charge in [0.2, 0.25) is 5.91 Å². The van der Waals surface area contributed by atoms with Crippen molar-refractivity contribution in [2.45, 2.75) is 57.1 Å². The van der Waals surface area contributed by atoms with Gasteiger partial charge >= 0.3 is 0 Å². The molecule has 1 aliphatic rings. The topological polar surface area (TPSA) is 113 Å². The molecular formula is C26H29ClN6O2S2. The Balaban J connectivity index is 1.43. The molecule has 0 radical (unpaired) electrons. The summed E-state index contributed by atoms with van der Waals surface area (Å²) in [6.45, 7) is 4.14. The number of amides is 2. The Bertz CT molecular complexity index is 1340. The van der Waals surface area contributed by atoms with Gasteiger partial charge in [-0.15, -0.1) is 21.5 Å². The summed E-state index contributed by atoms with van der Waals surface area (Å²) in [6, 6.07) is 8.81. The molecule has 0 spiro atoms. The molecule has 2 aromatic heterocycles. The molecule has 0 saturated carbocycles. The number of aromatic nitrogens is 3. The van der Waals surface area contributed by atoms with Crippen LogP contribution in [0, 0.1) is 17.2 Å². The molecule has 0 saturated heterocycles. The first kappa shape index (κ1) is 27.2. The zero-order chi connectivity index (χ0) is 26.5. The monoisotopic (exact) mass is 556 g/mol. The number of nitrogens with zero attached hydrogens (tertiary/aromatic N) is 4. The molecule has 0 fully saturated rings. The molecule has 0 aliphatic heterocycles. The van der Waals surface area contributed by atoms with Crippen molar-refractivity contribution in [3.63, 3.8) is 0 Å². The molecule has 37 heavy (non-hydrogen) atoms. The molecule has 1 aliphatic carbocycles. The number of aryl methyl sites for hydroxylation is 1. The first-order valence-corrected chi connectivity index (χ1v) is 14.4. The smallest absolute Gasteiger partial charge is 0.253 e. The number of halogens is 1. The highest BCUT2D eigenvalue weighted by Gasteiger charge is 2.25. The van der Waals surface area contributed by atoms with Gasteiger partial charge in [0.1, 0.15) is 11.1 Å². The van der Waals surface area contributed by atoms with Gasteiger partial charge in [-0.3, -0.25) is 9.59 Å². The maximum Gasteiger partial charge on any atom is 0.253 e. The Hall–Kier alpha value is -2.87. The van der Waals surface area contributed by atoms with E-state index in [2.05, 4.69) is 40.7 Å². The lowest BCUT2D eigenvalue weighted by atomic mass is 9.96. The van der Waals surface area contributed by atoms with Gasteiger partial charge in [-0.2, -0.15) is 5.26 Å². The molecular weight excluding hydrogens is 528 g/mol. The van der Waals surface area contributed by atoms with Gasteiger partial charge in [0.25, 0.3) is 5.91 Å².